The molecule has 0 atom stereocenters. The summed E-state index contributed by atoms with van der Waals surface area (Å²) >= 11 is 6.49. The number of nitrogens with zero attached hydrogens (tertiary/aromatic N) is 3. The van der Waals surface area contributed by atoms with Crippen molar-refractivity contribution in [3.63, 3.8) is 0 Å². The minimum atomic E-state index is -3.17. The van der Waals surface area contributed by atoms with Crippen molar-refractivity contribution in [1.82, 2.24) is 4.98 Å². The van der Waals surface area contributed by atoms with Crippen molar-refractivity contribution in [3.05, 3.63) is 60.8 Å². The normalized spacial score (nSPS) is 11.5. The van der Waals surface area contributed by atoms with E-state index in [1.807, 2.05) is 36.1 Å². The molecule has 0 bridgehead atoms. The molecule has 0 radical (unpaired) electrons. The number of hydrogen-bond acceptors (Lipinski definition) is 7. The van der Waals surface area contributed by atoms with Crippen LogP contribution in [0.1, 0.15) is 31.9 Å². The van der Waals surface area contributed by atoms with E-state index in [0.29, 0.717) is 36.6 Å². The second kappa shape index (κ2) is 11.3. The van der Waals surface area contributed by atoms with Gasteiger partial charge in [0, 0.05) is 19.2 Å². The average molecular weight is 565 g/mol. The first-order valence-electron chi connectivity index (χ1n) is 9.44. The first kappa shape index (κ1) is 24.9. The molecule has 0 saturated heterocycles. The third kappa shape index (κ3) is 6.59. The molecule has 0 amide bonds. The second-order valence-electron chi connectivity index (χ2n) is 6.30. The van der Waals surface area contributed by atoms with Gasteiger partial charge in [-0.25, -0.2) is 4.98 Å². The zero-order valence-electron chi connectivity index (χ0n) is 17.0. The molecule has 1 heterocycles. The Morgan fingerprint density at radius 2 is 1.67 bits per heavy atom. The van der Waals surface area contributed by atoms with Crippen molar-refractivity contribution < 1.29 is 18.5 Å². The number of aromatic nitrogens is 1. The van der Waals surface area contributed by atoms with Crippen LogP contribution in [0.15, 0.2) is 39.5 Å². The minimum Gasteiger partial charge on any atom is -0.362 e. The van der Waals surface area contributed by atoms with E-state index in [-0.39, 0.29) is 16.5 Å². The Bertz CT molecular complexity index is 917. The lowest BCUT2D eigenvalue weighted by Crippen LogP contribution is -2.23. The van der Waals surface area contributed by atoms with Crippen LogP contribution in [0, 0.1) is 10.1 Å². The highest BCUT2D eigenvalue weighted by molar-refractivity contribution is 9.11. The Morgan fingerprint density at radius 1 is 1.10 bits per heavy atom. The van der Waals surface area contributed by atoms with Crippen LogP contribution in [0.3, 0.4) is 0 Å². The maximum Gasteiger partial charge on any atom is 0.335 e. The molecule has 0 spiro atoms. The van der Waals surface area contributed by atoms with Crippen LogP contribution in [0.25, 0.3) is 0 Å². The molecular formula is C19H24Br2N3O5P. The largest absolute Gasteiger partial charge is 0.362 e. The average Bonchev–Trinajstić information content (AvgIpc) is 2.66. The van der Waals surface area contributed by atoms with E-state index < -0.39 is 12.5 Å². The smallest absolute Gasteiger partial charge is 0.335 e. The summed E-state index contributed by atoms with van der Waals surface area (Å²) in [7, 11) is -3.17. The first-order chi connectivity index (χ1) is 14.2. The molecule has 2 rings (SSSR count). The van der Waals surface area contributed by atoms with Gasteiger partial charge in [-0.15, -0.1) is 0 Å². The van der Waals surface area contributed by atoms with Gasteiger partial charge in [-0.1, -0.05) is 24.3 Å². The molecule has 2 aromatic rings. The lowest BCUT2D eigenvalue weighted by molar-refractivity contribution is -0.385. The molecule has 0 aliphatic carbocycles. The Hall–Kier alpha value is -1.32. The summed E-state index contributed by atoms with van der Waals surface area (Å²) in [5.74, 6) is 0. The molecule has 0 aliphatic heterocycles. The summed E-state index contributed by atoms with van der Waals surface area (Å²) in [5.41, 5.74) is 2.19. The molecule has 0 unspecified atom stereocenters. The fourth-order valence-corrected chi connectivity index (χ4v) is 5.83. The van der Waals surface area contributed by atoms with E-state index in [9.17, 15) is 14.7 Å². The van der Waals surface area contributed by atoms with E-state index in [2.05, 4.69) is 36.8 Å². The van der Waals surface area contributed by atoms with Gasteiger partial charge in [0.15, 0.2) is 4.60 Å². The maximum absolute atomic E-state index is 12.7. The molecule has 0 aliphatic rings. The number of pyridine rings is 1. The summed E-state index contributed by atoms with van der Waals surface area (Å²) in [5, 5.41) is 11.6. The summed E-state index contributed by atoms with van der Waals surface area (Å²) in [6.45, 7) is 7.16. The van der Waals surface area contributed by atoms with Crippen LogP contribution < -0.4 is 4.90 Å². The van der Waals surface area contributed by atoms with Crippen molar-refractivity contribution in [2.45, 2.75) is 33.5 Å². The number of rotatable bonds is 11. The molecule has 11 heteroatoms. The quantitative estimate of drug-likeness (QED) is 0.137. The Labute approximate surface area is 192 Å². The molecule has 30 heavy (non-hydrogen) atoms. The van der Waals surface area contributed by atoms with Crippen molar-refractivity contribution >= 4 is 50.8 Å². The maximum atomic E-state index is 12.7. The summed E-state index contributed by atoms with van der Waals surface area (Å²) in [6.07, 6.45) is 0.197. The number of halogens is 2. The Kier molecular flexibility index (Phi) is 9.43. The van der Waals surface area contributed by atoms with Crippen LogP contribution in [-0.2, 0) is 26.3 Å². The van der Waals surface area contributed by atoms with E-state index in [4.69, 9.17) is 9.05 Å². The van der Waals surface area contributed by atoms with Gasteiger partial charge in [0.25, 0.3) is 0 Å². The lowest BCUT2D eigenvalue weighted by Gasteiger charge is -2.23. The van der Waals surface area contributed by atoms with Crippen molar-refractivity contribution in [3.8, 4) is 0 Å². The van der Waals surface area contributed by atoms with Gasteiger partial charge in [0.2, 0.25) is 0 Å². The molecule has 8 nitrogen and oxygen atoms in total. The van der Waals surface area contributed by atoms with Gasteiger partial charge in [0.1, 0.15) is 10.3 Å². The number of benzene rings is 1. The zero-order valence-corrected chi connectivity index (χ0v) is 21.1. The van der Waals surface area contributed by atoms with Crippen LogP contribution in [0.2, 0.25) is 0 Å². The number of anilines is 1. The predicted molar refractivity (Wildman–Crippen MR) is 124 cm³/mol. The van der Waals surface area contributed by atoms with Gasteiger partial charge in [0.05, 0.1) is 24.3 Å². The summed E-state index contributed by atoms with van der Waals surface area (Å²) in [6, 6.07) is 9.22. The number of nitro groups is 1. The highest BCUT2D eigenvalue weighted by Crippen LogP contribution is 2.51. The highest BCUT2D eigenvalue weighted by Gasteiger charge is 2.26. The minimum absolute atomic E-state index is 0.0777. The fourth-order valence-electron chi connectivity index (χ4n) is 2.96. The summed E-state index contributed by atoms with van der Waals surface area (Å²) in [4.78, 5) is 17.1. The van der Waals surface area contributed by atoms with Gasteiger partial charge < -0.3 is 13.9 Å². The lowest BCUT2D eigenvalue weighted by atomic mass is 10.1. The Morgan fingerprint density at radius 3 is 2.17 bits per heavy atom. The van der Waals surface area contributed by atoms with E-state index in [1.165, 1.54) is 0 Å². The van der Waals surface area contributed by atoms with Gasteiger partial charge in [-0.2, -0.15) is 0 Å². The van der Waals surface area contributed by atoms with Crippen molar-refractivity contribution in [2.24, 2.45) is 0 Å². The van der Waals surface area contributed by atoms with E-state index in [1.54, 1.807) is 19.9 Å². The fraction of sp³-hybridized carbons (Fsp3) is 0.421. The predicted octanol–water partition coefficient (Wildman–Crippen LogP) is 6.31. The molecule has 0 N–H and O–H groups in total. The van der Waals surface area contributed by atoms with E-state index >= 15 is 0 Å². The number of hydrogen-bond donors (Lipinski definition) is 0. The first-order valence-corrected chi connectivity index (χ1v) is 12.8. The third-order valence-electron chi connectivity index (χ3n) is 4.23. The standard InChI is InChI=1S/C19H24Br2N3O5P/c1-4-23(16-11-17(20)22-19(21)18(16)24(25)26)12-14-7-9-15(10-8-14)13-30(27,28-5-2)29-6-3/h7-11H,4-6,12-13H2,1-3H3. The van der Waals surface area contributed by atoms with Crippen LogP contribution in [0.4, 0.5) is 11.4 Å². The molecule has 0 saturated carbocycles. The van der Waals surface area contributed by atoms with Crippen LogP contribution >= 0.6 is 39.5 Å². The molecular weight excluding hydrogens is 541 g/mol. The molecule has 1 aromatic heterocycles. The van der Waals surface area contributed by atoms with Gasteiger partial charge >= 0.3 is 13.3 Å². The van der Waals surface area contributed by atoms with Crippen molar-refractivity contribution in [1.29, 1.82) is 0 Å². The zero-order chi connectivity index (χ0) is 22.3. The Balaban J connectivity index is 2.24. The topological polar surface area (TPSA) is 94.8 Å². The van der Waals surface area contributed by atoms with Gasteiger partial charge in [-0.05, 0) is 63.8 Å². The third-order valence-corrected chi connectivity index (χ3v) is 7.24. The highest BCUT2D eigenvalue weighted by atomic mass is 79.9. The molecule has 1 aromatic carbocycles. The SMILES string of the molecule is CCOP(=O)(Cc1ccc(CN(CC)c2cc(Br)nc(Br)c2[N+](=O)[O-])cc1)OCC. The second-order valence-corrected chi connectivity index (χ2v) is 9.91. The molecule has 0 fully saturated rings. The van der Waals surface area contributed by atoms with Crippen molar-refractivity contribution in [2.75, 3.05) is 24.7 Å². The molecule has 164 valence electrons. The van der Waals surface area contributed by atoms with Crippen LogP contribution in [-0.4, -0.2) is 29.7 Å². The van der Waals surface area contributed by atoms with Gasteiger partial charge in [-0.3, -0.25) is 14.7 Å². The summed E-state index contributed by atoms with van der Waals surface area (Å²) < 4.78 is 24.1. The monoisotopic (exact) mass is 563 g/mol. The van der Waals surface area contributed by atoms with E-state index in [0.717, 1.165) is 11.1 Å². The van der Waals surface area contributed by atoms with Crippen LogP contribution in [0.5, 0.6) is 0 Å².